The SMILES string of the molecule is c1ccc(N2CCc3c([nH]c4ccccc34)C2)cc1. The van der Waals surface area contributed by atoms with Crippen molar-refractivity contribution in [3.05, 3.63) is 65.9 Å². The monoisotopic (exact) mass is 248 g/mol. The third kappa shape index (κ3) is 1.72. The number of para-hydroxylation sites is 2. The zero-order valence-electron chi connectivity index (χ0n) is 10.8. The second-order valence-corrected chi connectivity index (χ2v) is 5.13. The first kappa shape index (κ1) is 10.7. The standard InChI is InChI=1S/C17H16N2/c1-2-6-13(7-3-1)19-11-10-15-14-8-4-5-9-16(14)18-17(15)12-19/h1-9,18H,10-12H2. The van der Waals surface area contributed by atoms with Gasteiger partial charge in [-0.15, -0.1) is 0 Å². The van der Waals surface area contributed by atoms with Crippen LogP contribution in [0.25, 0.3) is 10.9 Å². The predicted octanol–water partition coefficient (Wildman–Crippen LogP) is 3.73. The molecule has 1 aliphatic rings. The number of H-pyrrole nitrogens is 1. The van der Waals surface area contributed by atoms with Crippen molar-refractivity contribution in [2.24, 2.45) is 0 Å². The van der Waals surface area contributed by atoms with Crippen LogP contribution in [-0.2, 0) is 13.0 Å². The number of aromatic nitrogens is 1. The van der Waals surface area contributed by atoms with Gasteiger partial charge in [0.2, 0.25) is 0 Å². The Morgan fingerprint density at radius 2 is 1.68 bits per heavy atom. The highest BCUT2D eigenvalue weighted by atomic mass is 15.1. The van der Waals surface area contributed by atoms with Gasteiger partial charge in [0.15, 0.2) is 0 Å². The van der Waals surface area contributed by atoms with Crippen molar-refractivity contribution in [2.75, 3.05) is 11.4 Å². The maximum absolute atomic E-state index is 3.57. The Morgan fingerprint density at radius 3 is 2.58 bits per heavy atom. The van der Waals surface area contributed by atoms with Crippen LogP contribution in [0.1, 0.15) is 11.3 Å². The summed E-state index contributed by atoms with van der Waals surface area (Å²) < 4.78 is 0. The van der Waals surface area contributed by atoms with E-state index in [0.29, 0.717) is 0 Å². The maximum Gasteiger partial charge on any atom is 0.0583 e. The van der Waals surface area contributed by atoms with E-state index in [9.17, 15) is 0 Å². The van der Waals surface area contributed by atoms with Crippen molar-refractivity contribution in [3.63, 3.8) is 0 Å². The Morgan fingerprint density at radius 1 is 0.895 bits per heavy atom. The van der Waals surface area contributed by atoms with Crippen molar-refractivity contribution < 1.29 is 0 Å². The van der Waals surface area contributed by atoms with Crippen molar-refractivity contribution in [3.8, 4) is 0 Å². The van der Waals surface area contributed by atoms with Gasteiger partial charge in [-0.2, -0.15) is 0 Å². The minimum absolute atomic E-state index is 0.980. The average molecular weight is 248 g/mol. The molecular weight excluding hydrogens is 232 g/mol. The van der Waals surface area contributed by atoms with E-state index in [1.165, 1.54) is 27.8 Å². The topological polar surface area (TPSA) is 19.0 Å². The highest BCUT2D eigenvalue weighted by molar-refractivity contribution is 5.85. The van der Waals surface area contributed by atoms with Gasteiger partial charge in [-0.3, -0.25) is 0 Å². The molecule has 19 heavy (non-hydrogen) atoms. The first-order chi connectivity index (χ1) is 9.42. The summed E-state index contributed by atoms with van der Waals surface area (Å²) in [5.74, 6) is 0. The molecule has 0 fully saturated rings. The van der Waals surface area contributed by atoms with Gasteiger partial charge in [-0.1, -0.05) is 36.4 Å². The molecule has 0 bridgehead atoms. The van der Waals surface area contributed by atoms with Crippen LogP contribution in [0.5, 0.6) is 0 Å². The van der Waals surface area contributed by atoms with E-state index < -0.39 is 0 Å². The summed E-state index contributed by atoms with van der Waals surface area (Å²) in [6, 6.07) is 19.3. The van der Waals surface area contributed by atoms with Crippen LogP contribution in [0.3, 0.4) is 0 Å². The summed E-state index contributed by atoms with van der Waals surface area (Å²) in [5, 5.41) is 1.39. The first-order valence-corrected chi connectivity index (χ1v) is 6.80. The molecule has 3 aromatic rings. The lowest BCUT2D eigenvalue weighted by Gasteiger charge is -2.29. The Kier molecular flexibility index (Phi) is 2.34. The molecule has 0 saturated heterocycles. The molecule has 1 N–H and O–H groups in total. The summed E-state index contributed by atoms with van der Waals surface area (Å²) in [5.41, 5.74) is 5.45. The summed E-state index contributed by atoms with van der Waals surface area (Å²) in [6.07, 6.45) is 1.12. The minimum Gasteiger partial charge on any atom is -0.365 e. The molecule has 0 saturated carbocycles. The normalized spacial score (nSPS) is 14.6. The van der Waals surface area contributed by atoms with Gasteiger partial charge in [0.05, 0.1) is 6.54 Å². The van der Waals surface area contributed by atoms with E-state index >= 15 is 0 Å². The van der Waals surface area contributed by atoms with Crippen LogP contribution in [0.2, 0.25) is 0 Å². The van der Waals surface area contributed by atoms with E-state index in [1.54, 1.807) is 0 Å². The lowest BCUT2D eigenvalue weighted by Crippen LogP contribution is -2.30. The van der Waals surface area contributed by atoms with Gasteiger partial charge < -0.3 is 9.88 Å². The number of rotatable bonds is 1. The van der Waals surface area contributed by atoms with E-state index in [4.69, 9.17) is 0 Å². The number of anilines is 1. The van der Waals surface area contributed by atoms with Gasteiger partial charge in [-0.05, 0) is 30.2 Å². The van der Waals surface area contributed by atoms with Crippen LogP contribution in [0, 0.1) is 0 Å². The van der Waals surface area contributed by atoms with Gasteiger partial charge in [0.25, 0.3) is 0 Å². The fraction of sp³-hybridized carbons (Fsp3) is 0.176. The fourth-order valence-electron chi connectivity index (χ4n) is 3.05. The lowest BCUT2D eigenvalue weighted by molar-refractivity contribution is 0.724. The van der Waals surface area contributed by atoms with Gasteiger partial charge in [0.1, 0.15) is 0 Å². The molecule has 0 unspecified atom stereocenters. The van der Waals surface area contributed by atoms with Crippen molar-refractivity contribution in [1.29, 1.82) is 0 Å². The molecule has 2 heterocycles. The molecule has 2 heteroatoms. The zero-order valence-corrected chi connectivity index (χ0v) is 10.8. The highest BCUT2D eigenvalue weighted by Gasteiger charge is 2.20. The Hall–Kier alpha value is -2.22. The van der Waals surface area contributed by atoms with E-state index in [-0.39, 0.29) is 0 Å². The van der Waals surface area contributed by atoms with Crippen LogP contribution in [-0.4, -0.2) is 11.5 Å². The van der Waals surface area contributed by atoms with Gasteiger partial charge >= 0.3 is 0 Å². The first-order valence-electron chi connectivity index (χ1n) is 6.80. The number of hydrogen-bond donors (Lipinski definition) is 1. The molecule has 0 radical (unpaired) electrons. The quantitative estimate of drug-likeness (QED) is 0.695. The molecule has 2 nitrogen and oxygen atoms in total. The van der Waals surface area contributed by atoms with Gasteiger partial charge in [0, 0.05) is 28.8 Å². The average Bonchev–Trinajstić information content (AvgIpc) is 2.86. The molecule has 0 spiro atoms. The number of nitrogens with one attached hydrogen (secondary N) is 1. The number of benzene rings is 2. The van der Waals surface area contributed by atoms with Crippen molar-refractivity contribution >= 4 is 16.6 Å². The molecule has 2 aromatic carbocycles. The number of aromatic amines is 1. The Labute approximate surface area is 112 Å². The summed E-state index contributed by atoms with van der Waals surface area (Å²) >= 11 is 0. The van der Waals surface area contributed by atoms with E-state index in [0.717, 1.165) is 19.5 Å². The Bertz CT molecular complexity index is 712. The molecule has 0 amide bonds. The smallest absolute Gasteiger partial charge is 0.0583 e. The molecular formula is C17H16N2. The minimum atomic E-state index is 0.980. The molecule has 94 valence electrons. The lowest BCUT2D eigenvalue weighted by atomic mass is 10.0. The largest absolute Gasteiger partial charge is 0.365 e. The second-order valence-electron chi connectivity index (χ2n) is 5.13. The van der Waals surface area contributed by atoms with Crippen LogP contribution in [0.15, 0.2) is 54.6 Å². The zero-order chi connectivity index (χ0) is 12.7. The number of nitrogens with zero attached hydrogens (tertiary/aromatic N) is 1. The Balaban J connectivity index is 1.74. The number of hydrogen-bond acceptors (Lipinski definition) is 1. The van der Waals surface area contributed by atoms with Crippen molar-refractivity contribution in [1.82, 2.24) is 4.98 Å². The molecule has 0 atom stereocenters. The molecule has 0 aliphatic carbocycles. The third-order valence-corrected chi connectivity index (χ3v) is 4.00. The highest BCUT2D eigenvalue weighted by Crippen LogP contribution is 2.29. The summed E-state index contributed by atoms with van der Waals surface area (Å²) in [6.45, 7) is 2.08. The van der Waals surface area contributed by atoms with Gasteiger partial charge in [-0.25, -0.2) is 0 Å². The van der Waals surface area contributed by atoms with E-state index in [1.807, 2.05) is 0 Å². The summed E-state index contributed by atoms with van der Waals surface area (Å²) in [4.78, 5) is 6.02. The van der Waals surface area contributed by atoms with Crippen molar-refractivity contribution in [2.45, 2.75) is 13.0 Å². The van der Waals surface area contributed by atoms with Crippen LogP contribution < -0.4 is 4.90 Å². The maximum atomic E-state index is 3.57. The molecule has 1 aromatic heterocycles. The van der Waals surface area contributed by atoms with Crippen LogP contribution in [0.4, 0.5) is 5.69 Å². The summed E-state index contributed by atoms with van der Waals surface area (Å²) in [7, 11) is 0. The fourth-order valence-corrected chi connectivity index (χ4v) is 3.05. The van der Waals surface area contributed by atoms with Crippen LogP contribution >= 0.6 is 0 Å². The third-order valence-electron chi connectivity index (χ3n) is 4.00. The second kappa shape index (κ2) is 4.16. The molecule has 4 rings (SSSR count). The predicted molar refractivity (Wildman–Crippen MR) is 79.5 cm³/mol. The number of fused-ring (bicyclic) bond motifs is 3. The molecule has 1 aliphatic heterocycles. The van der Waals surface area contributed by atoms with E-state index in [2.05, 4.69) is 64.5 Å².